The molecule has 0 spiro atoms. The van der Waals surface area contributed by atoms with Crippen LogP contribution < -0.4 is 10.6 Å². The molecular weight excluding hydrogens is 276 g/mol. The lowest BCUT2D eigenvalue weighted by Gasteiger charge is -2.22. The summed E-state index contributed by atoms with van der Waals surface area (Å²) in [5, 5.41) is 10.7. The Kier molecular flexibility index (Phi) is 4.53. The fraction of sp³-hybridized carbons (Fsp3) is 0.412. The maximum absolute atomic E-state index is 12.2. The van der Waals surface area contributed by atoms with Gasteiger partial charge in [-0.25, -0.2) is 0 Å². The second-order valence-corrected chi connectivity index (χ2v) is 5.79. The molecule has 0 aliphatic carbocycles. The van der Waals surface area contributed by atoms with E-state index < -0.39 is 0 Å². The van der Waals surface area contributed by atoms with Crippen LogP contribution in [0.5, 0.6) is 0 Å². The third kappa shape index (κ3) is 3.36. The largest absolute Gasteiger partial charge is 0.347 e. The summed E-state index contributed by atoms with van der Waals surface area (Å²) in [6, 6.07) is 10.2. The molecule has 0 saturated carbocycles. The van der Waals surface area contributed by atoms with Crippen molar-refractivity contribution in [1.29, 1.82) is 0 Å². The molecule has 1 aliphatic rings. The number of nitrogens with one attached hydrogen (secondary N) is 2. The first kappa shape index (κ1) is 14.8. The van der Waals surface area contributed by atoms with Crippen molar-refractivity contribution in [2.24, 2.45) is 0 Å². The van der Waals surface area contributed by atoms with Gasteiger partial charge in [0.2, 0.25) is 0 Å². The van der Waals surface area contributed by atoms with Crippen LogP contribution in [0.4, 0.5) is 0 Å². The molecular formula is C17H22N4O. The van der Waals surface area contributed by atoms with Crippen molar-refractivity contribution in [3.63, 3.8) is 0 Å². The van der Waals surface area contributed by atoms with Gasteiger partial charge in [-0.3, -0.25) is 9.48 Å². The van der Waals surface area contributed by atoms with Crippen LogP contribution in [0.1, 0.15) is 40.5 Å². The average molecular weight is 298 g/mol. The molecule has 1 aromatic heterocycles. The molecule has 2 aromatic rings. The van der Waals surface area contributed by atoms with Crippen LogP contribution in [0.25, 0.3) is 0 Å². The molecule has 2 heterocycles. The summed E-state index contributed by atoms with van der Waals surface area (Å²) < 4.78 is 1.91. The van der Waals surface area contributed by atoms with Crippen molar-refractivity contribution in [3.05, 3.63) is 53.3 Å². The number of hydrogen-bond donors (Lipinski definition) is 2. The second-order valence-electron chi connectivity index (χ2n) is 5.79. The molecule has 5 heteroatoms. The number of amides is 1. The minimum Gasteiger partial charge on any atom is -0.347 e. The maximum atomic E-state index is 12.2. The van der Waals surface area contributed by atoms with Gasteiger partial charge < -0.3 is 10.6 Å². The highest BCUT2D eigenvalue weighted by molar-refractivity contribution is 5.92. The zero-order chi connectivity index (χ0) is 15.4. The lowest BCUT2D eigenvalue weighted by molar-refractivity contribution is 0.0944. The number of carbonyl (C=O) groups is 1. The second kappa shape index (κ2) is 6.75. The van der Waals surface area contributed by atoms with Gasteiger partial charge in [0, 0.05) is 19.3 Å². The van der Waals surface area contributed by atoms with Crippen molar-refractivity contribution < 1.29 is 4.79 Å². The Morgan fingerprint density at radius 2 is 2.27 bits per heavy atom. The standard InChI is InChI=1S/C17H22N4O/c1-13-5-2-3-6-14(13)11-19-17(22)16-8-10-21(20-16)15-7-4-9-18-12-15/h2-3,5-6,8,10,15,18H,4,7,9,11-12H2,1H3,(H,19,22). The van der Waals surface area contributed by atoms with E-state index in [1.165, 1.54) is 5.56 Å². The number of carbonyl (C=O) groups excluding carboxylic acids is 1. The molecule has 5 nitrogen and oxygen atoms in total. The Balaban J connectivity index is 1.61. The Hall–Kier alpha value is -2.14. The Labute approximate surface area is 130 Å². The summed E-state index contributed by atoms with van der Waals surface area (Å²) in [6.45, 7) is 4.57. The van der Waals surface area contributed by atoms with Gasteiger partial charge in [-0.15, -0.1) is 0 Å². The molecule has 0 bridgehead atoms. The molecule has 1 aromatic carbocycles. The van der Waals surface area contributed by atoms with Crippen LogP contribution in [0.15, 0.2) is 36.5 Å². The lowest BCUT2D eigenvalue weighted by Crippen LogP contribution is -2.32. The number of benzene rings is 1. The monoisotopic (exact) mass is 298 g/mol. The highest BCUT2D eigenvalue weighted by atomic mass is 16.1. The predicted molar refractivity (Wildman–Crippen MR) is 85.7 cm³/mol. The van der Waals surface area contributed by atoms with Crippen LogP contribution in [0, 0.1) is 6.92 Å². The van der Waals surface area contributed by atoms with Crippen LogP contribution in [0.2, 0.25) is 0 Å². The number of hydrogen-bond acceptors (Lipinski definition) is 3. The summed E-state index contributed by atoms with van der Waals surface area (Å²) in [7, 11) is 0. The van der Waals surface area contributed by atoms with Gasteiger partial charge in [0.1, 0.15) is 5.69 Å². The van der Waals surface area contributed by atoms with E-state index in [9.17, 15) is 4.79 Å². The Bertz CT molecular complexity index is 644. The van der Waals surface area contributed by atoms with Gasteiger partial charge >= 0.3 is 0 Å². The highest BCUT2D eigenvalue weighted by Gasteiger charge is 2.17. The van der Waals surface area contributed by atoms with Gasteiger partial charge in [-0.2, -0.15) is 5.10 Å². The zero-order valence-corrected chi connectivity index (χ0v) is 12.9. The molecule has 1 saturated heterocycles. The zero-order valence-electron chi connectivity index (χ0n) is 12.9. The number of rotatable bonds is 4. The van der Waals surface area contributed by atoms with E-state index in [1.807, 2.05) is 42.1 Å². The van der Waals surface area contributed by atoms with Gasteiger partial charge in [-0.1, -0.05) is 24.3 Å². The number of nitrogens with zero attached hydrogens (tertiary/aromatic N) is 2. The SMILES string of the molecule is Cc1ccccc1CNC(=O)c1ccn(C2CCCNC2)n1. The highest BCUT2D eigenvalue weighted by Crippen LogP contribution is 2.15. The summed E-state index contributed by atoms with van der Waals surface area (Å²) in [6.07, 6.45) is 4.17. The minimum absolute atomic E-state index is 0.120. The molecule has 3 rings (SSSR count). The van der Waals surface area contributed by atoms with E-state index in [0.717, 1.165) is 31.5 Å². The molecule has 0 radical (unpaired) electrons. The van der Waals surface area contributed by atoms with Crippen molar-refractivity contribution in [2.75, 3.05) is 13.1 Å². The van der Waals surface area contributed by atoms with E-state index in [1.54, 1.807) is 6.07 Å². The minimum atomic E-state index is -0.120. The molecule has 1 fully saturated rings. The van der Waals surface area contributed by atoms with E-state index in [4.69, 9.17) is 0 Å². The van der Waals surface area contributed by atoms with Crippen LogP contribution in [0.3, 0.4) is 0 Å². The fourth-order valence-corrected chi connectivity index (χ4v) is 2.80. The molecule has 2 N–H and O–H groups in total. The molecule has 22 heavy (non-hydrogen) atoms. The van der Waals surface area contributed by atoms with Crippen LogP contribution in [-0.4, -0.2) is 28.8 Å². The van der Waals surface area contributed by atoms with Gasteiger partial charge in [0.25, 0.3) is 5.91 Å². The van der Waals surface area contributed by atoms with Gasteiger partial charge in [0.05, 0.1) is 6.04 Å². The normalized spacial score (nSPS) is 18.1. The van der Waals surface area contributed by atoms with Crippen molar-refractivity contribution in [3.8, 4) is 0 Å². The first-order valence-corrected chi connectivity index (χ1v) is 7.82. The quantitative estimate of drug-likeness (QED) is 0.908. The van der Waals surface area contributed by atoms with Crippen molar-refractivity contribution in [2.45, 2.75) is 32.4 Å². The topological polar surface area (TPSA) is 59.0 Å². The first-order valence-electron chi connectivity index (χ1n) is 7.82. The maximum Gasteiger partial charge on any atom is 0.272 e. The van der Waals surface area contributed by atoms with Crippen LogP contribution in [-0.2, 0) is 6.54 Å². The summed E-state index contributed by atoms with van der Waals surface area (Å²) in [5.41, 5.74) is 2.80. The summed E-state index contributed by atoms with van der Waals surface area (Å²) in [4.78, 5) is 12.2. The smallest absolute Gasteiger partial charge is 0.272 e. The van der Waals surface area contributed by atoms with E-state index in [0.29, 0.717) is 18.3 Å². The average Bonchev–Trinajstić information content (AvgIpc) is 3.05. The van der Waals surface area contributed by atoms with Crippen LogP contribution >= 0.6 is 0 Å². The summed E-state index contributed by atoms with van der Waals surface area (Å²) >= 11 is 0. The number of piperidine rings is 1. The molecule has 1 unspecified atom stereocenters. The number of aryl methyl sites for hydroxylation is 1. The fourth-order valence-electron chi connectivity index (χ4n) is 2.80. The summed E-state index contributed by atoms with van der Waals surface area (Å²) in [5.74, 6) is -0.120. The molecule has 1 atom stereocenters. The van der Waals surface area contributed by atoms with E-state index in [2.05, 4.69) is 15.7 Å². The van der Waals surface area contributed by atoms with Gasteiger partial charge in [-0.05, 0) is 43.5 Å². The first-order chi connectivity index (χ1) is 10.7. The molecule has 1 amide bonds. The number of aromatic nitrogens is 2. The lowest BCUT2D eigenvalue weighted by atomic mass is 10.1. The third-order valence-electron chi connectivity index (χ3n) is 4.19. The van der Waals surface area contributed by atoms with Crippen molar-refractivity contribution >= 4 is 5.91 Å². The van der Waals surface area contributed by atoms with Crippen molar-refractivity contribution in [1.82, 2.24) is 20.4 Å². The third-order valence-corrected chi connectivity index (χ3v) is 4.19. The Morgan fingerprint density at radius 3 is 3.05 bits per heavy atom. The predicted octanol–water partition coefficient (Wildman–Crippen LogP) is 2.05. The Morgan fingerprint density at radius 1 is 1.41 bits per heavy atom. The molecule has 1 aliphatic heterocycles. The van der Waals surface area contributed by atoms with E-state index >= 15 is 0 Å². The van der Waals surface area contributed by atoms with E-state index in [-0.39, 0.29) is 5.91 Å². The van der Waals surface area contributed by atoms with Gasteiger partial charge in [0.15, 0.2) is 0 Å². The molecule has 116 valence electrons.